The first-order valence-corrected chi connectivity index (χ1v) is 6.39. The lowest BCUT2D eigenvalue weighted by Crippen LogP contribution is -2.38. The van der Waals surface area contributed by atoms with Crippen LogP contribution in [0.15, 0.2) is 0 Å². The Morgan fingerprint density at radius 2 is 1.84 bits per heavy atom. The molecule has 0 aromatic rings. The van der Waals surface area contributed by atoms with Crippen molar-refractivity contribution < 1.29 is 24.2 Å². The van der Waals surface area contributed by atoms with Crippen LogP contribution in [0, 0.1) is 5.92 Å². The van der Waals surface area contributed by atoms with Crippen molar-refractivity contribution in [3.05, 3.63) is 0 Å². The summed E-state index contributed by atoms with van der Waals surface area (Å²) < 4.78 is 9.98. The molecule has 0 radical (unpaired) electrons. The molecule has 0 spiro atoms. The van der Waals surface area contributed by atoms with Gasteiger partial charge in [0.2, 0.25) is 0 Å². The zero-order valence-electron chi connectivity index (χ0n) is 11.6. The third-order valence-corrected chi connectivity index (χ3v) is 2.48. The lowest BCUT2D eigenvalue weighted by atomic mass is 10.1. The molecule has 0 saturated heterocycles. The number of amides is 2. The van der Waals surface area contributed by atoms with Gasteiger partial charge in [0.1, 0.15) is 0 Å². The van der Waals surface area contributed by atoms with Crippen LogP contribution in [-0.2, 0) is 14.3 Å². The van der Waals surface area contributed by atoms with E-state index in [2.05, 4.69) is 10.6 Å². The first-order chi connectivity index (χ1) is 9.07. The summed E-state index contributed by atoms with van der Waals surface area (Å²) in [4.78, 5) is 21.8. The van der Waals surface area contributed by atoms with Crippen LogP contribution in [0.4, 0.5) is 4.79 Å². The highest BCUT2D eigenvalue weighted by molar-refractivity contribution is 5.73. The zero-order chi connectivity index (χ0) is 14.5. The van der Waals surface area contributed by atoms with Crippen molar-refractivity contribution in [2.75, 3.05) is 40.0 Å². The number of methoxy groups -OCH3 is 1. The Morgan fingerprint density at radius 3 is 2.47 bits per heavy atom. The molecule has 19 heavy (non-hydrogen) atoms. The minimum atomic E-state index is -0.808. The molecule has 0 rings (SSSR count). The summed E-state index contributed by atoms with van der Waals surface area (Å²) in [5.74, 6) is -1.18. The highest BCUT2D eigenvalue weighted by atomic mass is 16.5. The van der Waals surface area contributed by atoms with Gasteiger partial charge in [-0.25, -0.2) is 4.79 Å². The fraction of sp³-hybridized carbons (Fsp3) is 0.833. The molecule has 7 heteroatoms. The Kier molecular flexibility index (Phi) is 10.9. The number of carboxylic acid groups (broad SMARTS) is 1. The SMILES string of the molecule is COCCOCCNC(=O)NCCCC(C)C(=O)O. The molecule has 1 atom stereocenters. The van der Waals surface area contributed by atoms with Gasteiger partial charge in [0.25, 0.3) is 0 Å². The number of nitrogens with one attached hydrogen (secondary N) is 2. The van der Waals surface area contributed by atoms with E-state index in [1.54, 1.807) is 14.0 Å². The molecule has 3 N–H and O–H groups in total. The van der Waals surface area contributed by atoms with Crippen molar-refractivity contribution in [3.63, 3.8) is 0 Å². The normalized spacial score (nSPS) is 11.9. The van der Waals surface area contributed by atoms with Crippen molar-refractivity contribution in [1.29, 1.82) is 0 Å². The van der Waals surface area contributed by atoms with E-state index < -0.39 is 5.97 Å². The van der Waals surface area contributed by atoms with Crippen molar-refractivity contribution in [2.24, 2.45) is 5.92 Å². The van der Waals surface area contributed by atoms with E-state index in [1.165, 1.54) is 0 Å². The molecule has 0 aliphatic rings. The van der Waals surface area contributed by atoms with Crippen molar-refractivity contribution in [2.45, 2.75) is 19.8 Å². The molecule has 2 amide bonds. The number of urea groups is 1. The molecule has 0 aliphatic heterocycles. The molecule has 0 aromatic heterocycles. The van der Waals surface area contributed by atoms with E-state index >= 15 is 0 Å². The second-order valence-electron chi connectivity index (χ2n) is 4.17. The maximum atomic E-state index is 11.3. The Bertz CT molecular complexity index is 261. The summed E-state index contributed by atoms with van der Waals surface area (Å²) in [6.07, 6.45) is 1.20. The Hall–Kier alpha value is -1.34. The summed E-state index contributed by atoms with van der Waals surface area (Å²) in [7, 11) is 1.60. The first kappa shape index (κ1) is 17.7. The van der Waals surface area contributed by atoms with Crippen LogP contribution in [0.25, 0.3) is 0 Å². The zero-order valence-corrected chi connectivity index (χ0v) is 11.6. The summed E-state index contributed by atoms with van der Waals surface area (Å²) in [6, 6.07) is -0.265. The van der Waals surface area contributed by atoms with Gasteiger partial charge < -0.3 is 25.2 Å². The van der Waals surface area contributed by atoms with Gasteiger partial charge in [-0.1, -0.05) is 6.92 Å². The summed E-state index contributed by atoms with van der Waals surface area (Å²) >= 11 is 0. The Balaban J connectivity index is 3.33. The van der Waals surface area contributed by atoms with Gasteiger partial charge in [-0.15, -0.1) is 0 Å². The van der Waals surface area contributed by atoms with Crippen LogP contribution in [-0.4, -0.2) is 57.1 Å². The third kappa shape index (κ3) is 11.5. The number of carbonyl (C=O) groups is 2. The number of carbonyl (C=O) groups excluding carboxylic acids is 1. The standard InChI is InChI=1S/C12H24N2O5/c1-10(11(15)16)4-3-5-13-12(17)14-6-7-19-9-8-18-2/h10H,3-9H2,1-2H3,(H,15,16)(H2,13,14,17). The van der Waals surface area contributed by atoms with Crippen molar-refractivity contribution >= 4 is 12.0 Å². The lowest BCUT2D eigenvalue weighted by molar-refractivity contribution is -0.141. The molecular weight excluding hydrogens is 252 g/mol. The average Bonchev–Trinajstić information content (AvgIpc) is 2.38. The van der Waals surface area contributed by atoms with Crippen molar-refractivity contribution in [1.82, 2.24) is 10.6 Å². The van der Waals surface area contributed by atoms with Crippen LogP contribution < -0.4 is 10.6 Å². The van der Waals surface area contributed by atoms with Crippen LogP contribution in [0.3, 0.4) is 0 Å². The summed E-state index contributed by atoms with van der Waals surface area (Å²) in [5, 5.41) is 14.0. The van der Waals surface area contributed by atoms with Gasteiger partial charge in [0.15, 0.2) is 0 Å². The van der Waals surface area contributed by atoms with Gasteiger partial charge in [0.05, 0.1) is 25.7 Å². The van der Waals surface area contributed by atoms with Crippen LogP contribution in [0.1, 0.15) is 19.8 Å². The molecule has 112 valence electrons. The van der Waals surface area contributed by atoms with Gasteiger partial charge in [-0.05, 0) is 12.8 Å². The van der Waals surface area contributed by atoms with E-state index in [9.17, 15) is 9.59 Å². The molecule has 0 fully saturated rings. The molecular formula is C12H24N2O5. The fourth-order valence-corrected chi connectivity index (χ4v) is 1.28. The quantitative estimate of drug-likeness (QED) is 0.476. The minimum absolute atomic E-state index is 0.265. The molecule has 0 aliphatic carbocycles. The number of carboxylic acids is 1. The third-order valence-electron chi connectivity index (χ3n) is 2.48. The minimum Gasteiger partial charge on any atom is -0.481 e. The molecule has 0 bridgehead atoms. The monoisotopic (exact) mass is 276 g/mol. The summed E-state index contributed by atoms with van der Waals surface area (Å²) in [6.45, 7) is 4.03. The second-order valence-corrected chi connectivity index (χ2v) is 4.17. The van der Waals surface area contributed by atoms with E-state index in [4.69, 9.17) is 14.6 Å². The molecule has 1 unspecified atom stereocenters. The molecule has 7 nitrogen and oxygen atoms in total. The van der Waals surface area contributed by atoms with Crippen molar-refractivity contribution in [3.8, 4) is 0 Å². The van der Waals surface area contributed by atoms with Crippen LogP contribution in [0.2, 0.25) is 0 Å². The highest BCUT2D eigenvalue weighted by Crippen LogP contribution is 2.03. The second kappa shape index (κ2) is 11.7. The van der Waals surface area contributed by atoms with E-state index in [0.717, 1.165) is 0 Å². The maximum absolute atomic E-state index is 11.3. The molecule has 0 heterocycles. The maximum Gasteiger partial charge on any atom is 0.314 e. The Morgan fingerprint density at radius 1 is 1.16 bits per heavy atom. The van der Waals surface area contributed by atoms with Gasteiger partial charge in [-0.2, -0.15) is 0 Å². The number of hydrogen-bond donors (Lipinski definition) is 3. The average molecular weight is 276 g/mol. The smallest absolute Gasteiger partial charge is 0.314 e. The number of ether oxygens (including phenoxy) is 2. The van der Waals surface area contributed by atoms with Gasteiger partial charge in [0, 0.05) is 20.2 Å². The topological polar surface area (TPSA) is 96.9 Å². The van der Waals surface area contributed by atoms with E-state index in [0.29, 0.717) is 45.8 Å². The largest absolute Gasteiger partial charge is 0.481 e. The van der Waals surface area contributed by atoms with E-state index in [1.807, 2.05) is 0 Å². The predicted octanol–water partition coefficient (Wildman–Crippen LogP) is 0.450. The van der Waals surface area contributed by atoms with E-state index in [-0.39, 0.29) is 11.9 Å². The predicted molar refractivity (Wildman–Crippen MR) is 70.1 cm³/mol. The van der Waals surface area contributed by atoms with Crippen LogP contribution in [0.5, 0.6) is 0 Å². The molecule has 0 aromatic carbocycles. The Labute approximate surface area is 113 Å². The first-order valence-electron chi connectivity index (χ1n) is 6.39. The number of rotatable bonds is 11. The van der Waals surface area contributed by atoms with Gasteiger partial charge in [-0.3, -0.25) is 4.79 Å². The van der Waals surface area contributed by atoms with Crippen LogP contribution >= 0.6 is 0 Å². The number of aliphatic carboxylic acids is 1. The summed E-state index contributed by atoms with van der Waals surface area (Å²) in [5.41, 5.74) is 0. The van der Waals surface area contributed by atoms with Gasteiger partial charge >= 0.3 is 12.0 Å². The highest BCUT2D eigenvalue weighted by Gasteiger charge is 2.09. The number of hydrogen-bond acceptors (Lipinski definition) is 4. The lowest BCUT2D eigenvalue weighted by Gasteiger charge is -2.09. The molecule has 0 saturated carbocycles. The fourth-order valence-electron chi connectivity index (χ4n) is 1.28.